The molecular weight excluding hydrogens is 156 g/mol. The van der Waals surface area contributed by atoms with Gasteiger partial charge < -0.3 is 5.43 Å². The monoisotopic (exact) mass is 170 g/mol. The van der Waals surface area contributed by atoms with Crippen LogP contribution < -0.4 is 5.43 Å². The topological polar surface area (TPSA) is 24.4 Å². The molecular formula is C8H14N2S. The highest BCUT2D eigenvalue weighted by Crippen LogP contribution is 2.21. The second kappa shape index (κ2) is 5.24. The van der Waals surface area contributed by atoms with Crippen molar-refractivity contribution in [3.63, 3.8) is 0 Å². The van der Waals surface area contributed by atoms with E-state index in [-0.39, 0.29) is 0 Å². The van der Waals surface area contributed by atoms with Crippen molar-refractivity contribution >= 4 is 18.0 Å². The van der Waals surface area contributed by atoms with Crippen LogP contribution in [0, 0.1) is 5.92 Å². The molecule has 1 aliphatic rings. The Morgan fingerprint density at radius 2 is 2.64 bits per heavy atom. The molecule has 0 aromatic heterocycles. The molecule has 0 radical (unpaired) electrons. The molecule has 2 nitrogen and oxygen atoms in total. The first kappa shape index (κ1) is 8.65. The zero-order chi connectivity index (χ0) is 7.94. The Bertz CT molecular complexity index is 139. The highest BCUT2D eigenvalue weighted by atomic mass is 32.2. The molecule has 1 heterocycles. The first-order valence-corrected chi connectivity index (χ1v) is 5.03. The van der Waals surface area contributed by atoms with Gasteiger partial charge in [-0.05, 0) is 12.2 Å². The van der Waals surface area contributed by atoms with Crippen LogP contribution >= 0.6 is 11.8 Å². The minimum atomic E-state index is 0.692. The van der Waals surface area contributed by atoms with Gasteiger partial charge in [0.25, 0.3) is 0 Å². The van der Waals surface area contributed by atoms with Gasteiger partial charge in [-0.2, -0.15) is 16.9 Å². The minimum Gasteiger partial charge on any atom is -0.307 e. The lowest BCUT2D eigenvalue weighted by atomic mass is 10.1. The summed E-state index contributed by atoms with van der Waals surface area (Å²) < 4.78 is 0. The molecule has 3 heteroatoms. The van der Waals surface area contributed by atoms with Gasteiger partial charge in [-0.3, -0.25) is 0 Å². The Labute approximate surface area is 72.1 Å². The van der Waals surface area contributed by atoms with Crippen LogP contribution in [0.2, 0.25) is 0 Å². The minimum absolute atomic E-state index is 0.692. The lowest BCUT2D eigenvalue weighted by Crippen LogP contribution is -2.08. The summed E-state index contributed by atoms with van der Waals surface area (Å²) in [4.78, 5) is 0. The van der Waals surface area contributed by atoms with Crippen molar-refractivity contribution < 1.29 is 0 Å². The Morgan fingerprint density at radius 3 is 3.27 bits per heavy atom. The smallest absolute Gasteiger partial charge is 0.0507 e. The van der Waals surface area contributed by atoms with Gasteiger partial charge in [0.05, 0.1) is 6.54 Å². The molecule has 0 saturated carbocycles. The summed E-state index contributed by atoms with van der Waals surface area (Å²) in [7, 11) is 0. The van der Waals surface area contributed by atoms with Gasteiger partial charge in [-0.15, -0.1) is 6.58 Å². The fourth-order valence-electron chi connectivity index (χ4n) is 0.946. The Morgan fingerprint density at radius 1 is 1.73 bits per heavy atom. The van der Waals surface area contributed by atoms with Crippen molar-refractivity contribution in [1.29, 1.82) is 0 Å². The first-order chi connectivity index (χ1) is 5.43. The van der Waals surface area contributed by atoms with Gasteiger partial charge in [0, 0.05) is 17.9 Å². The van der Waals surface area contributed by atoms with E-state index in [1.807, 2.05) is 18.0 Å². The predicted octanol–water partition coefficient (Wildman–Crippen LogP) is 1.50. The molecule has 0 bridgehead atoms. The van der Waals surface area contributed by atoms with E-state index in [0.717, 1.165) is 6.54 Å². The fourth-order valence-corrected chi connectivity index (χ4v) is 2.14. The van der Waals surface area contributed by atoms with E-state index in [4.69, 9.17) is 0 Å². The standard InChI is InChI=1S/C8H14N2S/c1-2-4-9-10-6-8-3-5-11-7-8/h2,6,8-9H,1,3-5,7H2/b10-6+. The molecule has 0 aliphatic carbocycles. The summed E-state index contributed by atoms with van der Waals surface area (Å²) in [6.45, 7) is 4.35. The van der Waals surface area contributed by atoms with Crippen LogP contribution in [0.1, 0.15) is 6.42 Å². The van der Waals surface area contributed by atoms with Crippen LogP contribution in [0.3, 0.4) is 0 Å². The summed E-state index contributed by atoms with van der Waals surface area (Å²) in [5, 5.41) is 4.08. The summed E-state index contributed by atoms with van der Waals surface area (Å²) in [5.74, 6) is 3.22. The van der Waals surface area contributed by atoms with E-state index < -0.39 is 0 Å². The lowest BCUT2D eigenvalue weighted by Gasteiger charge is -1.98. The third-order valence-corrected chi connectivity index (χ3v) is 2.77. The molecule has 1 aliphatic heterocycles. The predicted molar refractivity (Wildman–Crippen MR) is 52.1 cm³/mol. The number of hydrogen-bond acceptors (Lipinski definition) is 3. The number of nitrogens with one attached hydrogen (secondary N) is 1. The van der Waals surface area contributed by atoms with Crippen molar-refractivity contribution in [2.24, 2.45) is 11.0 Å². The normalized spacial score (nSPS) is 24.2. The molecule has 62 valence electrons. The molecule has 11 heavy (non-hydrogen) atoms. The summed E-state index contributed by atoms with van der Waals surface area (Å²) >= 11 is 2.01. The highest BCUT2D eigenvalue weighted by Gasteiger charge is 2.12. The van der Waals surface area contributed by atoms with Crippen molar-refractivity contribution in [1.82, 2.24) is 5.43 Å². The van der Waals surface area contributed by atoms with Gasteiger partial charge in [0.1, 0.15) is 0 Å². The highest BCUT2D eigenvalue weighted by molar-refractivity contribution is 7.99. The average Bonchev–Trinajstić information content (AvgIpc) is 2.50. The van der Waals surface area contributed by atoms with Gasteiger partial charge in [-0.25, -0.2) is 0 Å². The van der Waals surface area contributed by atoms with Gasteiger partial charge in [0.15, 0.2) is 0 Å². The number of hydrazone groups is 1. The molecule has 1 atom stereocenters. The van der Waals surface area contributed by atoms with Crippen LogP contribution in [0.5, 0.6) is 0 Å². The Balaban J connectivity index is 2.07. The maximum absolute atomic E-state index is 4.08. The molecule has 1 saturated heterocycles. The molecule has 0 aromatic carbocycles. The third kappa shape index (κ3) is 3.46. The van der Waals surface area contributed by atoms with Crippen molar-refractivity contribution in [2.45, 2.75) is 6.42 Å². The SMILES string of the molecule is C=CCN/N=C/C1CCSC1. The molecule has 1 unspecified atom stereocenters. The zero-order valence-corrected chi connectivity index (χ0v) is 7.44. The van der Waals surface area contributed by atoms with E-state index >= 15 is 0 Å². The summed E-state index contributed by atoms with van der Waals surface area (Å²) in [6, 6.07) is 0. The van der Waals surface area contributed by atoms with E-state index in [2.05, 4.69) is 17.1 Å². The second-order valence-electron chi connectivity index (χ2n) is 2.55. The largest absolute Gasteiger partial charge is 0.307 e. The molecule has 0 aromatic rings. The van der Waals surface area contributed by atoms with E-state index in [1.165, 1.54) is 17.9 Å². The molecule has 0 spiro atoms. The van der Waals surface area contributed by atoms with Crippen LogP contribution in [0.25, 0.3) is 0 Å². The number of thioether (sulfide) groups is 1. The van der Waals surface area contributed by atoms with Crippen molar-refractivity contribution in [2.75, 3.05) is 18.1 Å². The lowest BCUT2D eigenvalue weighted by molar-refractivity contribution is 0.770. The molecule has 1 fully saturated rings. The van der Waals surface area contributed by atoms with Crippen LogP contribution in [0.15, 0.2) is 17.8 Å². The van der Waals surface area contributed by atoms with Gasteiger partial charge in [0.2, 0.25) is 0 Å². The number of rotatable bonds is 4. The maximum atomic E-state index is 4.08. The van der Waals surface area contributed by atoms with E-state index in [0.29, 0.717) is 5.92 Å². The molecule has 1 rings (SSSR count). The van der Waals surface area contributed by atoms with E-state index in [1.54, 1.807) is 6.08 Å². The fraction of sp³-hybridized carbons (Fsp3) is 0.625. The second-order valence-corrected chi connectivity index (χ2v) is 3.70. The first-order valence-electron chi connectivity index (χ1n) is 3.88. The van der Waals surface area contributed by atoms with Crippen LogP contribution in [-0.4, -0.2) is 24.3 Å². The van der Waals surface area contributed by atoms with Gasteiger partial charge >= 0.3 is 0 Å². The van der Waals surface area contributed by atoms with E-state index in [9.17, 15) is 0 Å². The van der Waals surface area contributed by atoms with Crippen LogP contribution in [-0.2, 0) is 0 Å². The maximum Gasteiger partial charge on any atom is 0.0507 e. The quantitative estimate of drug-likeness (QED) is 0.299. The summed E-state index contributed by atoms with van der Waals surface area (Å²) in [5.41, 5.74) is 2.90. The van der Waals surface area contributed by atoms with Gasteiger partial charge in [-0.1, -0.05) is 6.08 Å². The Hall–Kier alpha value is -0.440. The van der Waals surface area contributed by atoms with Crippen LogP contribution in [0.4, 0.5) is 0 Å². The number of nitrogens with zero attached hydrogens (tertiary/aromatic N) is 1. The van der Waals surface area contributed by atoms with Crippen molar-refractivity contribution in [3.05, 3.63) is 12.7 Å². The average molecular weight is 170 g/mol. The molecule has 0 amide bonds. The molecule has 1 N–H and O–H groups in total. The van der Waals surface area contributed by atoms with Crippen molar-refractivity contribution in [3.8, 4) is 0 Å². The third-order valence-electron chi connectivity index (χ3n) is 1.58. The number of hydrogen-bond donors (Lipinski definition) is 1. The zero-order valence-electron chi connectivity index (χ0n) is 6.62. The Kier molecular flexibility index (Phi) is 4.12. The summed E-state index contributed by atoms with van der Waals surface area (Å²) in [6.07, 6.45) is 5.11.